The molecule has 1 saturated heterocycles. The molecule has 9 heteroatoms. The maximum absolute atomic E-state index is 12.5. The summed E-state index contributed by atoms with van der Waals surface area (Å²) in [5, 5.41) is 3.47. The number of aromatic amines is 1. The number of thiocarbonyl (C=S) groups is 1. The van der Waals surface area contributed by atoms with Crippen LogP contribution < -0.4 is 5.32 Å². The number of nitrogens with zero attached hydrogens (tertiary/aromatic N) is 2. The van der Waals surface area contributed by atoms with E-state index in [0.717, 1.165) is 11.3 Å². The number of hydrogen-bond donors (Lipinski definition) is 2. The molecule has 0 spiro atoms. The monoisotopic (exact) mass is 420 g/mol. The van der Waals surface area contributed by atoms with Gasteiger partial charge in [0.1, 0.15) is 4.32 Å². The van der Waals surface area contributed by atoms with Crippen molar-refractivity contribution >= 4 is 57.8 Å². The third-order valence-electron chi connectivity index (χ3n) is 3.88. The maximum Gasteiger partial charge on any atom is 0.266 e. The fourth-order valence-electron chi connectivity index (χ4n) is 2.46. The molecular formula is C18H17ClN4O2S2. The van der Waals surface area contributed by atoms with Gasteiger partial charge >= 0.3 is 0 Å². The molecule has 1 aromatic carbocycles. The first-order chi connectivity index (χ1) is 13.0. The minimum atomic E-state index is -0.176. The van der Waals surface area contributed by atoms with Crippen LogP contribution in [0.25, 0.3) is 6.08 Å². The van der Waals surface area contributed by atoms with Crippen LogP contribution in [-0.2, 0) is 16.0 Å². The number of halogens is 1. The number of carbonyl (C=O) groups is 2. The second-order valence-electron chi connectivity index (χ2n) is 5.81. The Balaban J connectivity index is 1.49. The number of imidazole rings is 1. The molecule has 2 aromatic rings. The van der Waals surface area contributed by atoms with Crippen molar-refractivity contribution in [1.29, 1.82) is 0 Å². The lowest BCUT2D eigenvalue weighted by Gasteiger charge is -2.14. The van der Waals surface area contributed by atoms with Gasteiger partial charge in [0.15, 0.2) is 0 Å². The molecule has 2 amide bonds. The van der Waals surface area contributed by atoms with Crippen LogP contribution in [-0.4, -0.2) is 44.1 Å². The summed E-state index contributed by atoms with van der Waals surface area (Å²) in [6, 6.07) is 7.20. The normalized spacial score (nSPS) is 15.6. The van der Waals surface area contributed by atoms with Crippen LogP contribution in [0.3, 0.4) is 0 Å². The predicted octanol–water partition coefficient (Wildman–Crippen LogP) is 3.01. The fraction of sp³-hybridized carbons (Fsp3) is 0.222. The quantitative estimate of drug-likeness (QED) is 0.531. The van der Waals surface area contributed by atoms with Crippen molar-refractivity contribution in [2.75, 3.05) is 13.1 Å². The zero-order valence-corrected chi connectivity index (χ0v) is 16.7. The third-order valence-corrected chi connectivity index (χ3v) is 5.50. The minimum absolute atomic E-state index is 0.120. The molecule has 1 aromatic heterocycles. The minimum Gasteiger partial charge on any atom is -0.356 e. The summed E-state index contributed by atoms with van der Waals surface area (Å²) in [7, 11) is 0. The average Bonchev–Trinajstić information content (AvgIpc) is 3.24. The van der Waals surface area contributed by atoms with Crippen molar-refractivity contribution in [1.82, 2.24) is 20.2 Å². The van der Waals surface area contributed by atoms with Crippen molar-refractivity contribution in [2.45, 2.75) is 12.8 Å². The molecule has 0 atom stereocenters. The lowest BCUT2D eigenvalue weighted by Crippen LogP contribution is -2.34. The number of benzene rings is 1. The van der Waals surface area contributed by atoms with Gasteiger partial charge in [-0.2, -0.15) is 0 Å². The highest BCUT2D eigenvalue weighted by atomic mass is 35.5. The Morgan fingerprint density at radius 1 is 1.37 bits per heavy atom. The van der Waals surface area contributed by atoms with Gasteiger partial charge in [-0.1, -0.05) is 47.7 Å². The summed E-state index contributed by atoms with van der Waals surface area (Å²) in [5.41, 5.74) is 1.83. The molecule has 0 aliphatic carbocycles. The second-order valence-corrected chi connectivity index (χ2v) is 7.92. The molecule has 1 fully saturated rings. The van der Waals surface area contributed by atoms with E-state index in [1.165, 1.54) is 16.7 Å². The van der Waals surface area contributed by atoms with E-state index < -0.39 is 0 Å². The van der Waals surface area contributed by atoms with E-state index in [1.54, 1.807) is 30.7 Å². The van der Waals surface area contributed by atoms with E-state index in [9.17, 15) is 9.59 Å². The fourth-order valence-corrected chi connectivity index (χ4v) is 3.90. The lowest BCUT2D eigenvalue weighted by molar-refractivity contribution is -0.123. The summed E-state index contributed by atoms with van der Waals surface area (Å²) in [6.45, 7) is 0.772. The van der Waals surface area contributed by atoms with Gasteiger partial charge in [0.05, 0.1) is 11.2 Å². The predicted molar refractivity (Wildman–Crippen MR) is 111 cm³/mol. The third kappa shape index (κ3) is 5.41. The Morgan fingerprint density at radius 2 is 2.15 bits per heavy atom. The summed E-state index contributed by atoms with van der Waals surface area (Å²) < 4.78 is 0.463. The molecule has 6 nitrogen and oxygen atoms in total. The molecule has 1 aliphatic rings. The largest absolute Gasteiger partial charge is 0.356 e. The van der Waals surface area contributed by atoms with E-state index in [-0.39, 0.29) is 24.8 Å². The Hall–Kier alpha value is -2.16. The topological polar surface area (TPSA) is 78.1 Å². The smallest absolute Gasteiger partial charge is 0.266 e. The molecule has 3 rings (SSSR count). The summed E-state index contributed by atoms with van der Waals surface area (Å²) in [5.74, 6) is -0.296. The Morgan fingerprint density at radius 3 is 2.85 bits per heavy atom. The molecule has 2 N–H and O–H groups in total. The number of hydrogen-bond acceptors (Lipinski definition) is 5. The highest BCUT2D eigenvalue weighted by molar-refractivity contribution is 8.26. The summed E-state index contributed by atoms with van der Waals surface area (Å²) >= 11 is 12.4. The molecule has 0 unspecified atom stereocenters. The molecule has 0 radical (unpaired) electrons. The first-order valence-corrected chi connectivity index (χ1v) is 9.88. The van der Waals surface area contributed by atoms with Gasteiger partial charge in [0.25, 0.3) is 5.91 Å². The van der Waals surface area contributed by atoms with E-state index in [1.807, 2.05) is 12.1 Å². The molecule has 0 saturated carbocycles. The summed E-state index contributed by atoms with van der Waals surface area (Å²) in [4.78, 5) is 33.5. The maximum atomic E-state index is 12.5. The Bertz CT molecular complexity index is 866. The van der Waals surface area contributed by atoms with Gasteiger partial charge < -0.3 is 10.3 Å². The molecule has 27 heavy (non-hydrogen) atoms. The molecule has 2 heterocycles. The van der Waals surface area contributed by atoms with Crippen LogP contribution in [0.2, 0.25) is 5.02 Å². The molecule has 140 valence electrons. The average molecular weight is 421 g/mol. The van der Waals surface area contributed by atoms with E-state index >= 15 is 0 Å². The van der Waals surface area contributed by atoms with Crippen LogP contribution in [0.1, 0.15) is 17.7 Å². The number of nitrogens with one attached hydrogen (secondary N) is 2. The Labute approximate surface area is 171 Å². The van der Waals surface area contributed by atoms with Crippen molar-refractivity contribution < 1.29 is 9.59 Å². The number of aromatic nitrogens is 2. The Kier molecular flexibility index (Phi) is 6.65. The van der Waals surface area contributed by atoms with Crippen molar-refractivity contribution in [3.05, 3.63) is 58.0 Å². The van der Waals surface area contributed by atoms with Gasteiger partial charge in [-0.15, -0.1) is 0 Å². The van der Waals surface area contributed by atoms with Crippen LogP contribution >= 0.6 is 35.6 Å². The van der Waals surface area contributed by atoms with Gasteiger partial charge in [0, 0.05) is 42.8 Å². The van der Waals surface area contributed by atoms with Crippen LogP contribution in [0, 0.1) is 0 Å². The zero-order valence-electron chi connectivity index (χ0n) is 14.3. The van der Waals surface area contributed by atoms with Gasteiger partial charge in [-0.25, -0.2) is 4.98 Å². The van der Waals surface area contributed by atoms with Crippen LogP contribution in [0.5, 0.6) is 0 Å². The molecule has 1 aliphatic heterocycles. The number of rotatable bonds is 7. The molecule has 0 bridgehead atoms. The van der Waals surface area contributed by atoms with Gasteiger partial charge in [-0.05, 0) is 23.8 Å². The summed E-state index contributed by atoms with van der Waals surface area (Å²) in [6.07, 6.45) is 5.98. The second kappa shape index (κ2) is 9.16. The van der Waals surface area contributed by atoms with Crippen molar-refractivity contribution in [2.24, 2.45) is 0 Å². The van der Waals surface area contributed by atoms with Crippen LogP contribution in [0.15, 0.2) is 41.7 Å². The number of carbonyl (C=O) groups excluding carboxylic acids is 2. The van der Waals surface area contributed by atoms with Gasteiger partial charge in [-0.3, -0.25) is 14.5 Å². The number of H-pyrrole nitrogens is 1. The van der Waals surface area contributed by atoms with E-state index in [0.29, 0.717) is 27.2 Å². The van der Waals surface area contributed by atoms with E-state index in [2.05, 4.69) is 15.3 Å². The van der Waals surface area contributed by atoms with E-state index in [4.69, 9.17) is 23.8 Å². The van der Waals surface area contributed by atoms with Crippen molar-refractivity contribution in [3.63, 3.8) is 0 Å². The zero-order chi connectivity index (χ0) is 19.2. The SMILES string of the molecule is O=C(CCN1C(=O)C(=Cc2ccc(Cl)cc2)SC1=S)NCCc1cnc[nH]1. The molecular weight excluding hydrogens is 404 g/mol. The number of amides is 2. The standard InChI is InChI=1S/C18H17ClN4O2S2/c19-13-3-1-12(2-4-13)9-15-17(25)23(18(26)27-15)8-6-16(24)21-7-5-14-10-20-11-22-14/h1-4,9-11H,5-8H2,(H,20,22)(H,21,24). The van der Waals surface area contributed by atoms with Gasteiger partial charge in [0.2, 0.25) is 5.91 Å². The first kappa shape index (κ1) is 19.6. The lowest BCUT2D eigenvalue weighted by atomic mass is 10.2. The van der Waals surface area contributed by atoms with Crippen molar-refractivity contribution in [3.8, 4) is 0 Å². The highest BCUT2D eigenvalue weighted by Gasteiger charge is 2.31. The van der Waals surface area contributed by atoms with Crippen LogP contribution in [0.4, 0.5) is 0 Å². The first-order valence-electron chi connectivity index (χ1n) is 8.28. The highest BCUT2D eigenvalue weighted by Crippen LogP contribution is 2.32. The number of thioether (sulfide) groups is 1.